The SMILES string of the molecule is CCC1=NC(=O)NC(Cc2ccccc2)C1c1nc(C2CCCCC2)cs1. The van der Waals surface area contributed by atoms with Crippen LogP contribution in [0.1, 0.15) is 73.5 Å². The van der Waals surface area contributed by atoms with Crippen LogP contribution in [-0.2, 0) is 6.42 Å². The first-order valence-corrected chi connectivity index (χ1v) is 11.0. The van der Waals surface area contributed by atoms with Crippen LogP contribution in [-0.4, -0.2) is 22.8 Å². The number of thiazole rings is 1. The second kappa shape index (κ2) is 8.34. The van der Waals surface area contributed by atoms with E-state index in [1.165, 1.54) is 43.4 Å². The van der Waals surface area contributed by atoms with Crippen molar-refractivity contribution in [3.63, 3.8) is 0 Å². The van der Waals surface area contributed by atoms with Gasteiger partial charge in [-0.05, 0) is 31.2 Å². The summed E-state index contributed by atoms with van der Waals surface area (Å²) in [5.41, 5.74) is 3.44. The van der Waals surface area contributed by atoms with Crippen LogP contribution < -0.4 is 5.32 Å². The number of hydrogen-bond acceptors (Lipinski definition) is 3. The van der Waals surface area contributed by atoms with Crippen LogP contribution in [0.4, 0.5) is 4.79 Å². The Morgan fingerprint density at radius 2 is 1.93 bits per heavy atom. The van der Waals surface area contributed by atoms with Crippen molar-refractivity contribution in [3.05, 3.63) is 52.0 Å². The maximum absolute atomic E-state index is 12.1. The molecular weight excluding hydrogens is 354 g/mol. The van der Waals surface area contributed by atoms with Crippen molar-refractivity contribution < 1.29 is 4.79 Å². The molecule has 0 spiro atoms. The zero-order valence-corrected chi connectivity index (χ0v) is 16.7. The van der Waals surface area contributed by atoms with Crippen molar-refractivity contribution in [2.75, 3.05) is 0 Å². The average molecular weight is 382 g/mol. The van der Waals surface area contributed by atoms with Gasteiger partial charge in [-0.25, -0.2) is 14.8 Å². The van der Waals surface area contributed by atoms with E-state index >= 15 is 0 Å². The van der Waals surface area contributed by atoms with Gasteiger partial charge in [0.15, 0.2) is 0 Å². The van der Waals surface area contributed by atoms with Gasteiger partial charge in [0, 0.05) is 23.1 Å². The number of carbonyl (C=O) groups excluding carboxylic acids is 1. The molecule has 1 saturated carbocycles. The van der Waals surface area contributed by atoms with Gasteiger partial charge >= 0.3 is 6.03 Å². The summed E-state index contributed by atoms with van der Waals surface area (Å²) in [4.78, 5) is 21.5. The molecule has 2 aromatic rings. The van der Waals surface area contributed by atoms with Gasteiger partial charge in [0.25, 0.3) is 0 Å². The Balaban J connectivity index is 1.62. The van der Waals surface area contributed by atoms with Crippen LogP contribution in [0.15, 0.2) is 40.7 Å². The summed E-state index contributed by atoms with van der Waals surface area (Å²) in [5.74, 6) is 0.687. The molecule has 2 amide bonds. The lowest BCUT2D eigenvalue weighted by atomic mass is 9.86. The predicted molar refractivity (Wildman–Crippen MR) is 111 cm³/mol. The third kappa shape index (κ3) is 4.13. The van der Waals surface area contributed by atoms with Crippen molar-refractivity contribution >= 4 is 23.1 Å². The van der Waals surface area contributed by atoms with Crippen molar-refractivity contribution in [3.8, 4) is 0 Å². The van der Waals surface area contributed by atoms with Gasteiger partial charge in [-0.2, -0.15) is 0 Å². The number of amides is 2. The summed E-state index contributed by atoms with van der Waals surface area (Å²) >= 11 is 1.74. The number of aromatic nitrogens is 1. The highest BCUT2D eigenvalue weighted by Crippen LogP contribution is 2.36. The number of rotatable bonds is 5. The molecule has 1 aliphatic heterocycles. The van der Waals surface area contributed by atoms with E-state index in [9.17, 15) is 4.79 Å². The lowest BCUT2D eigenvalue weighted by molar-refractivity contribution is 0.242. The molecule has 1 aromatic heterocycles. The lowest BCUT2D eigenvalue weighted by Crippen LogP contribution is -2.46. The molecule has 0 bridgehead atoms. The second-order valence-electron chi connectivity index (χ2n) is 7.63. The summed E-state index contributed by atoms with van der Waals surface area (Å²) in [6.45, 7) is 2.08. The summed E-state index contributed by atoms with van der Waals surface area (Å²) in [6, 6.07) is 10.2. The van der Waals surface area contributed by atoms with Crippen LogP contribution in [0.2, 0.25) is 0 Å². The zero-order chi connectivity index (χ0) is 18.6. The fourth-order valence-electron chi connectivity index (χ4n) is 4.39. The Hall–Kier alpha value is -2.01. The summed E-state index contributed by atoms with van der Waals surface area (Å²) in [7, 11) is 0. The molecule has 5 heteroatoms. The van der Waals surface area contributed by atoms with E-state index in [-0.39, 0.29) is 18.0 Å². The monoisotopic (exact) mass is 381 g/mol. The molecule has 2 aliphatic rings. The van der Waals surface area contributed by atoms with Gasteiger partial charge < -0.3 is 5.32 Å². The Morgan fingerprint density at radius 1 is 1.15 bits per heavy atom. The average Bonchev–Trinajstić information content (AvgIpc) is 3.18. The quantitative estimate of drug-likeness (QED) is 0.747. The number of hydrogen-bond donors (Lipinski definition) is 1. The lowest BCUT2D eigenvalue weighted by Gasteiger charge is -2.31. The highest BCUT2D eigenvalue weighted by atomic mass is 32.1. The Kier molecular flexibility index (Phi) is 5.67. The van der Waals surface area contributed by atoms with Gasteiger partial charge in [0.2, 0.25) is 0 Å². The van der Waals surface area contributed by atoms with Crippen molar-refractivity contribution in [1.82, 2.24) is 10.3 Å². The fraction of sp³-hybridized carbons (Fsp3) is 0.500. The number of nitrogens with one attached hydrogen (secondary N) is 1. The fourth-order valence-corrected chi connectivity index (χ4v) is 5.48. The van der Waals surface area contributed by atoms with Crippen LogP contribution in [0, 0.1) is 0 Å². The molecule has 1 fully saturated rings. The normalized spacial score (nSPS) is 23.7. The molecule has 27 heavy (non-hydrogen) atoms. The Bertz CT molecular complexity index is 808. The van der Waals surface area contributed by atoms with Crippen molar-refractivity contribution in [1.29, 1.82) is 0 Å². The van der Waals surface area contributed by atoms with E-state index in [1.807, 2.05) is 18.2 Å². The minimum absolute atomic E-state index is 0.0118. The van der Waals surface area contributed by atoms with Crippen LogP contribution >= 0.6 is 11.3 Å². The molecule has 2 unspecified atom stereocenters. The molecule has 1 N–H and O–H groups in total. The van der Waals surface area contributed by atoms with Crippen LogP contribution in [0.5, 0.6) is 0 Å². The number of urea groups is 1. The number of aliphatic imine (C=N–C) groups is 1. The minimum Gasteiger partial charge on any atom is -0.332 e. The molecule has 1 aliphatic carbocycles. The van der Waals surface area contributed by atoms with E-state index in [2.05, 4.69) is 34.7 Å². The first-order valence-electron chi connectivity index (χ1n) is 10.1. The largest absolute Gasteiger partial charge is 0.341 e. The van der Waals surface area contributed by atoms with E-state index in [0.29, 0.717) is 5.92 Å². The van der Waals surface area contributed by atoms with E-state index in [4.69, 9.17) is 4.98 Å². The maximum Gasteiger partial charge on any atom is 0.341 e. The summed E-state index contributed by atoms with van der Waals surface area (Å²) < 4.78 is 0. The third-order valence-corrected chi connectivity index (χ3v) is 6.75. The third-order valence-electron chi connectivity index (χ3n) is 5.81. The van der Waals surface area contributed by atoms with Gasteiger partial charge in [-0.15, -0.1) is 11.3 Å². The van der Waals surface area contributed by atoms with Gasteiger partial charge in [0.05, 0.1) is 11.6 Å². The van der Waals surface area contributed by atoms with Gasteiger partial charge in [0.1, 0.15) is 5.01 Å². The molecule has 2 atom stereocenters. The highest BCUT2D eigenvalue weighted by Gasteiger charge is 2.35. The predicted octanol–water partition coefficient (Wildman–Crippen LogP) is 5.46. The molecule has 142 valence electrons. The van der Waals surface area contributed by atoms with E-state index in [1.54, 1.807) is 11.3 Å². The summed E-state index contributed by atoms with van der Waals surface area (Å²) in [6.07, 6.45) is 8.08. The summed E-state index contributed by atoms with van der Waals surface area (Å²) in [5, 5.41) is 6.46. The Labute approximate surface area is 165 Å². The molecule has 4 rings (SSSR count). The van der Waals surface area contributed by atoms with Crippen molar-refractivity contribution in [2.24, 2.45) is 4.99 Å². The standard InChI is InChI=1S/C22H27N3OS/c1-2-17-20(21-23-19(14-27-21)16-11-7-4-8-12-16)18(25-22(26)24-17)13-15-9-5-3-6-10-15/h3,5-6,9-10,14,16,18,20H,2,4,7-8,11-13H2,1H3,(H,25,26). The minimum atomic E-state index is -0.215. The number of nitrogens with zero attached hydrogens (tertiary/aromatic N) is 2. The molecule has 0 saturated heterocycles. The van der Waals surface area contributed by atoms with Crippen molar-refractivity contribution in [2.45, 2.75) is 69.7 Å². The van der Waals surface area contributed by atoms with Crippen LogP contribution in [0.25, 0.3) is 0 Å². The van der Waals surface area contributed by atoms with Crippen LogP contribution in [0.3, 0.4) is 0 Å². The smallest absolute Gasteiger partial charge is 0.332 e. The van der Waals surface area contributed by atoms with E-state index in [0.717, 1.165) is 23.6 Å². The first-order chi connectivity index (χ1) is 13.2. The molecule has 2 heterocycles. The Morgan fingerprint density at radius 3 is 2.67 bits per heavy atom. The number of benzene rings is 1. The molecule has 4 nitrogen and oxygen atoms in total. The highest BCUT2D eigenvalue weighted by molar-refractivity contribution is 7.09. The van der Waals surface area contributed by atoms with E-state index < -0.39 is 0 Å². The zero-order valence-electron chi connectivity index (χ0n) is 15.9. The number of carbonyl (C=O) groups is 1. The molecule has 1 aromatic carbocycles. The van der Waals surface area contributed by atoms with Gasteiger partial charge in [-0.3, -0.25) is 0 Å². The molecular formula is C22H27N3OS. The topological polar surface area (TPSA) is 54.4 Å². The van der Waals surface area contributed by atoms with Gasteiger partial charge in [-0.1, -0.05) is 56.5 Å². The maximum atomic E-state index is 12.1. The second-order valence-corrected chi connectivity index (χ2v) is 8.52. The first kappa shape index (κ1) is 18.4. The molecule has 0 radical (unpaired) electrons.